The molecule has 0 unspecified atom stereocenters. The fourth-order valence-corrected chi connectivity index (χ4v) is 2.88. The molecule has 4 nitrogen and oxygen atoms in total. The summed E-state index contributed by atoms with van der Waals surface area (Å²) in [6, 6.07) is 6.01. The van der Waals surface area contributed by atoms with Crippen LogP contribution in [0.3, 0.4) is 0 Å². The van der Waals surface area contributed by atoms with E-state index < -0.39 is 0 Å². The van der Waals surface area contributed by atoms with E-state index in [0.717, 1.165) is 40.4 Å². The predicted molar refractivity (Wildman–Crippen MR) is 80.1 cm³/mol. The Morgan fingerprint density at radius 1 is 1.28 bits per heavy atom. The third-order valence-electron chi connectivity index (χ3n) is 2.39. The van der Waals surface area contributed by atoms with Crippen LogP contribution >= 0.6 is 27.3 Å². The molecule has 0 saturated heterocycles. The molecule has 2 aromatic heterocycles. The van der Waals surface area contributed by atoms with Gasteiger partial charge in [0.2, 0.25) is 0 Å². The van der Waals surface area contributed by atoms with E-state index in [4.69, 9.17) is 0 Å². The van der Waals surface area contributed by atoms with Gasteiger partial charge in [-0.2, -0.15) is 0 Å². The van der Waals surface area contributed by atoms with Gasteiger partial charge >= 0.3 is 0 Å². The lowest BCUT2D eigenvalue weighted by Gasteiger charge is -2.04. The Kier molecular flexibility index (Phi) is 5.10. The predicted octanol–water partition coefficient (Wildman–Crippen LogP) is 2.99. The first-order valence-electron chi connectivity index (χ1n) is 5.76. The Balaban J connectivity index is 1.93. The molecule has 0 radical (unpaired) electrons. The highest BCUT2D eigenvalue weighted by Gasteiger charge is 2.03. The molecule has 0 bridgehead atoms. The first kappa shape index (κ1) is 13.5. The molecule has 96 valence electrons. The van der Waals surface area contributed by atoms with Crippen molar-refractivity contribution in [3.63, 3.8) is 0 Å². The van der Waals surface area contributed by atoms with Gasteiger partial charge in [0.05, 0.1) is 4.88 Å². The standard InChI is InChI=1S/C12H15BrN4S/c1-14-5-2-6-15-12-4-3-10(16-17-12)11-7-9(13)8-18-11/h3-4,7-8,14H,2,5-6H2,1H3,(H,15,17). The molecule has 0 aliphatic heterocycles. The summed E-state index contributed by atoms with van der Waals surface area (Å²) in [6.45, 7) is 1.90. The number of rotatable bonds is 6. The van der Waals surface area contributed by atoms with Gasteiger partial charge in [-0.3, -0.25) is 0 Å². The molecule has 2 heterocycles. The molecule has 6 heteroatoms. The Morgan fingerprint density at radius 3 is 2.78 bits per heavy atom. The Bertz CT molecular complexity index is 483. The minimum atomic E-state index is 0.825. The fourth-order valence-electron chi connectivity index (χ4n) is 1.49. The molecular formula is C12H15BrN4S. The monoisotopic (exact) mass is 326 g/mol. The molecule has 18 heavy (non-hydrogen) atoms. The molecule has 0 fully saturated rings. The summed E-state index contributed by atoms with van der Waals surface area (Å²) in [6.07, 6.45) is 1.07. The summed E-state index contributed by atoms with van der Waals surface area (Å²) in [7, 11) is 1.95. The van der Waals surface area contributed by atoms with E-state index in [9.17, 15) is 0 Å². The zero-order chi connectivity index (χ0) is 12.8. The Labute approximate surface area is 119 Å². The van der Waals surface area contributed by atoms with Crippen molar-refractivity contribution in [1.29, 1.82) is 0 Å². The summed E-state index contributed by atoms with van der Waals surface area (Å²) in [4.78, 5) is 1.12. The van der Waals surface area contributed by atoms with Crippen molar-refractivity contribution in [3.05, 3.63) is 28.1 Å². The van der Waals surface area contributed by atoms with Crippen molar-refractivity contribution in [3.8, 4) is 10.6 Å². The summed E-state index contributed by atoms with van der Waals surface area (Å²) >= 11 is 5.09. The van der Waals surface area contributed by atoms with E-state index in [1.54, 1.807) is 11.3 Å². The van der Waals surface area contributed by atoms with E-state index in [0.29, 0.717) is 0 Å². The second-order valence-electron chi connectivity index (χ2n) is 3.82. The van der Waals surface area contributed by atoms with Crippen LogP contribution in [0.25, 0.3) is 10.6 Å². The normalized spacial score (nSPS) is 10.6. The van der Waals surface area contributed by atoms with Crippen molar-refractivity contribution < 1.29 is 0 Å². The van der Waals surface area contributed by atoms with Gasteiger partial charge in [-0.1, -0.05) is 0 Å². The highest BCUT2D eigenvalue weighted by Crippen LogP contribution is 2.28. The molecule has 0 atom stereocenters. The maximum absolute atomic E-state index is 4.22. The maximum Gasteiger partial charge on any atom is 0.148 e. The van der Waals surface area contributed by atoms with E-state index in [2.05, 4.69) is 42.8 Å². The lowest BCUT2D eigenvalue weighted by molar-refractivity contribution is 0.746. The third-order valence-corrected chi connectivity index (χ3v) is 4.11. The van der Waals surface area contributed by atoms with Crippen LogP contribution in [0, 0.1) is 0 Å². The van der Waals surface area contributed by atoms with Crippen LogP contribution in [0.15, 0.2) is 28.1 Å². The molecule has 0 aromatic carbocycles. The second-order valence-corrected chi connectivity index (χ2v) is 5.64. The van der Waals surface area contributed by atoms with Gasteiger partial charge < -0.3 is 10.6 Å². The quantitative estimate of drug-likeness (QED) is 0.801. The van der Waals surface area contributed by atoms with E-state index >= 15 is 0 Å². The highest BCUT2D eigenvalue weighted by molar-refractivity contribution is 9.10. The molecule has 2 N–H and O–H groups in total. The van der Waals surface area contributed by atoms with E-state index in [1.807, 2.05) is 24.6 Å². The van der Waals surface area contributed by atoms with E-state index in [-0.39, 0.29) is 0 Å². The van der Waals surface area contributed by atoms with Crippen LogP contribution < -0.4 is 10.6 Å². The number of hydrogen-bond acceptors (Lipinski definition) is 5. The van der Waals surface area contributed by atoms with Crippen molar-refractivity contribution in [2.75, 3.05) is 25.5 Å². The minimum absolute atomic E-state index is 0.825. The van der Waals surface area contributed by atoms with Crippen molar-refractivity contribution in [2.45, 2.75) is 6.42 Å². The van der Waals surface area contributed by atoms with Crippen LogP contribution in [0.1, 0.15) is 6.42 Å². The van der Waals surface area contributed by atoms with Crippen LogP contribution in [0.2, 0.25) is 0 Å². The molecular weight excluding hydrogens is 312 g/mol. The highest BCUT2D eigenvalue weighted by atomic mass is 79.9. The molecule has 0 amide bonds. The average Bonchev–Trinajstić information content (AvgIpc) is 2.82. The van der Waals surface area contributed by atoms with Gasteiger partial charge in [-0.15, -0.1) is 21.5 Å². The molecule has 0 aliphatic rings. The van der Waals surface area contributed by atoms with Gasteiger partial charge in [0.15, 0.2) is 0 Å². The summed E-state index contributed by atoms with van der Waals surface area (Å²) in [5.74, 6) is 0.825. The lowest BCUT2D eigenvalue weighted by atomic mass is 10.3. The van der Waals surface area contributed by atoms with Crippen LogP contribution in [0.4, 0.5) is 5.82 Å². The number of nitrogens with zero attached hydrogens (tertiary/aromatic N) is 2. The van der Waals surface area contributed by atoms with E-state index in [1.165, 1.54) is 0 Å². The maximum atomic E-state index is 4.22. The largest absolute Gasteiger partial charge is 0.369 e. The molecule has 0 aliphatic carbocycles. The van der Waals surface area contributed by atoms with Gasteiger partial charge in [-0.05, 0) is 54.1 Å². The first-order chi connectivity index (χ1) is 8.79. The number of halogens is 1. The smallest absolute Gasteiger partial charge is 0.148 e. The topological polar surface area (TPSA) is 49.8 Å². The SMILES string of the molecule is CNCCCNc1ccc(-c2cc(Br)cs2)nn1. The number of thiophene rings is 1. The number of nitrogens with one attached hydrogen (secondary N) is 2. The average molecular weight is 327 g/mol. The van der Waals surface area contributed by atoms with Gasteiger partial charge in [-0.25, -0.2) is 0 Å². The van der Waals surface area contributed by atoms with Gasteiger partial charge in [0.25, 0.3) is 0 Å². The number of hydrogen-bond donors (Lipinski definition) is 2. The van der Waals surface area contributed by atoms with Crippen molar-refractivity contribution in [2.24, 2.45) is 0 Å². The number of anilines is 1. The summed E-state index contributed by atoms with van der Waals surface area (Å²) < 4.78 is 1.08. The molecule has 2 rings (SSSR count). The van der Waals surface area contributed by atoms with Crippen LogP contribution in [-0.4, -0.2) is 30.3 Å². The van der Waals surface area contributed by atoms with Crippen LogP contribution in [0.5, 0.6) is 0 Å². The lowest BCUT2D eigenvalue weighted by Crippen LogP contribution is -2.13. The molecule has 0 saturated carbocycles. The Hall–Kier alpha value is -0.980. The zero-order valence-electron chi connectivity index (χ0n) is 10.1. The molecule has 0 spiro atoms. The van der Waals surface area contributed by atoms with Crippen molar-refractivity contribution in [1.82, 2.24) is 15.5 Å². The molecule has 2 aromatic rings. The van der Waals surface area contributed by atoms with Crippen LogP contribution in [-0.2, 0) is 0 Å². The van der Waals surface area contributed by atoms with Crippen molar-refractivity contribution >= 4 is 33.1 Å². The third kappa shape index (κ3) is 3.76. The summed E-state index contributed by atoms with van der Waals surface area (Å²) in [5, 5.41) is 16.8. The first-order valence-corrected chi connectivity index (χ1v) is 7.43. The second kappa shape index (κ2) is 6.82. The number of aromatic nitrogens is 2. The fraction of sp³-hybridized carbons (Fsp3) is 0.333. The summed E-state index contributed by atoms with van der Waals surface area (Å²) in [5.41, 5.74) is 0.909. The Morgan fingerprint density at radius 2 is 2.17 bits per heavy atom. The van der Waals surface area contributed by atoms with Gasteiger partial charge in [0, 0.05) is 16.4 Å². The van der Waals surface area contributed by atoms with Gasteiger partial charge in [0.1, 0.15) is 11.5 Å². The zero-order valence-corrected chi connectivity index (χ0v) is 12.5. The minimum Gasteiger partial charge on any atom is -0.369 e.